The fourth-order valence-electron chi connectivity index (χ4n) is 2.73. The molecule has 2 amide bonds. The van der Waals surface area contributed by atoms with Gasteiger partial charge in [-0.15, -0.1) is 23.1 Å². The molecule has 0 spiro atoms. The van der Waals surface area contributed by atoms with E-state index >= 15 is 0 Å². The summed E-state index contributed by atoms with van der Waals surface area (Å²) in [6.07, 6.45) is 1.39. The van der Waals surface area contributed by atoms with Gasteiger partial charge in [-0.1, -0.05) is 12.7 Å². The van der Waals surface area contributed by atoms with E-state index in [0.717, 1.165) is 0 Å². The molecule has 2 atom stereocenters. The maximum atomic E-state index is 12.4. The average molecular weight is 408 g/mol. The summed E-state index contributed by atoms with van der Waals surface area (Å²) >= 11 is 2.56. The number of aromatic nitrogens is 1. The summed E-state index contributed by atoms with van der Waals surface area (Å²) in [5, 5.41) is 13.5. The molecule has 0 aliphatic carbocycles. The van der Waals surface area contributed by atoms with Gasteiger partial charge in [-0.05, 0) is 5.57 Å². The second-order valence-corrected chi connectivity index (χ2v) is 7.61. The fraction of sp³-hybridized carbons (Fsp3) is 0.267. The normalized spacial score (nSPS) is 21.2. The Kier molecular flexibility index (Phi) is 5.19. The van der Waals surface area contributed by atoms with Gasteiger partial charge >= 0.3 is 5.97 Å². The number of guanidine groups is 1. The number of thiazole rings is 1. The summed E-state index contributed by atoms with van der Waals surface area (Å²) in [5.41, 5.74) is 11.4. The number of carboxylic acid groups (broad SMARTS) is 1. The van der Waals surface area contributed by atoms with Crippen molar-refractivity contribution in [2.24, 2.45) is 16.5 Å². The maximum Gasteiger partial charge on any atom is 0.352 e. The van der Waals surface area contributed by atoms with Gasteiger partial charge in [0.25, 0.3) is 5.91 Å². The minimum absolute atomic E-state index is 0.0444. The molecule has 27 heavy (non-hydrogen) atoms. The minimum atomic E-state index is -1.19. The van der Waals surface area contributed by atoms with Gasteiger partial charge in [0, 0.05) is 11.1 Å². The van der Waals surface area contributed by atoms with E-state index in [2.05, 4.69) is 21.9 Å². The number of carboxylic acids is 1. The lowest BCUT2D eigenvalue weighted by Crippen LogP contribution is -2.70. The molecule has 1 unspecified atom stereocenters. The molecule has 0 aromatic carbocycles. The molecule has 1 aromatic heterocycles. The molecule has 1 saturated heterocycles. The van der Waals surface area contributed by atoms with Crippen molar-refractivity contribution in [2.45, 2.75) is 17.8 Å². The summed E-state index contributed by atoms with van der Waals surface area (Å²) < 4.78 is 0. The van der Waals surface area contributed by atoms with Crippen molar-refractivity contribution in [3.8, 4) is 0 Å². The molecule has 0 bridgehead atoms. The number of nitrogens with zero attached hydrogens (tertiary/aromatic N) is 3. The molecular weight excluding hydrogens is 392 g/mol. The number of carbonyl (C=O) groups excluding carboxylic acids is 2. The summed E-state index contributed by atoms with van der Waals surface area (Å²) in [6, 6.07) is -0.779. The monoisotopic (exact) mass is 408 g/mol. The second-order valence-electron chi connectivity index (χ2n) is 5.67. The van der Waals surface area contributed by atoms with Crippen LogP contribution in [0.25, 0.3) is 0 Å². The molecule has 2 aliphatic heterocycles. The largest absolute Gasteiger partial charge is 0.477 e. The van der Waals surface area contributed by atoms with Crippen LogP contribution in [0.5, 0.6) is 0 Å². The van der Waals surface area contributed by atoms with Crippen molar-refractivity contribution < 1.29 is 19.5 Å². The molecule has 12 heteroatoms. The van der Waals surface area contributed by atoms with Crippen molar-refractivity contribution in [2.75, 3.05) is 5.75 Å². The molecule has 3 rings (SSSR count). The highest BCUT2D eigenvalue weighted by Gasteiger charge is 2.53. The van der Waals surface area contributed by atoms with Crippen molar-refractivity contribution in [1.29, 1.82) is 0 Å². The standard InChI is InChI=1S/C15H16N6O4S2/c1-2-6-4-26-12-9(11(23)21(12)10(6)13(24)25)19-8(22)3-7-5-27-15(18-7)20-14(16)17/h2,5,9,12H,1,3-4H2,(H,19,22)(H,24,25)(H4,16,17,18,20)/t9?,12-/m0/s1. The van der Waals surface area contributed by atoms with Crippen LogP contribution in [0.3, 0.4) is 0 Å². The van der Waals surface area contributed by atoms with Gasteiger partial charge in [-0.3, -0.25) is 14.5 Å². The zero-order chi connectivity index (χ0) is 19.7. The van der Waals surface area contributed by atoms with Crippen LogP contribution >= 0.6 is 23.1 Å². The van der Waals surface area contributed by atoms with Crippen molar-refractivity contribution in [1.82, 2.24) is 15.2 Å². The summed E-state index contributed by atoms with van der Waals surface area (Å²) in [6.45, 7) is 3.59. The first-order chi connectivity index (χ1) is 12.8. The van der Waals surface area contributed by atoms with Crippen molar-refractivity contribution >= 4 is 52.0 Å². The van der Waals surface area contributed by atoms with E-state index in [4.69, 9.17) is 11.5 Å². The zero-order valence-electron chi connectivity index (χ0n) is 13.9. The molecule has 1 aromatic rings. The Hall–Kier alpha value is -2.86. The van der Waals surface area contributed by atoms with E-state index in [1.165, 1.54) is 34.1 Å². The number of hydrogen-bond acceptors (Lipinski definition) is 7. The first kappa shape index (κ1) is 18.9. The molecule has 1 fully saturated rings. The molecule has 142 valence electrons. The van der Waals surface area contributed by atoms with Gasteiger partial charge < -0.3 is 21.9 Å². The average Bonchev–Trinajstić information content (AvgIpc) is 3.03. The number of β-lactam (4-membered cyclic amide) rings is 1. The fourth-order valence-corrected chi connectivity index (χ4v) is 4.77. The maximum absolute atomic E-state index is 12.4. The number of fused-ring (bicyclic) bond motifs is 1. The number of allylic oxidation sites excluding steroid dienone is 1. The molecule has 6 N–H and O–H groups in total. The Bertz CT molecular complexity index is 889. The zero-order valence-corrected chi connectivity index (χ0v) is 15.5. The predicted molar refractivity (Wildman–Crippen MR) is 101 cm³/mol. The third-order valence-corrected chi connectivity index (χ3v) is 5.95. The molecular formula is C15H16N6O4S2. The number of nitrogens with two attached hydrogens (primary N) is 2. The lowest BCUT2D eigenvalue weighted by molar-refractivity contribution is -0.150. The van der Waals surface area contributed by atoms with E-state index in [0.29, 0.717) is 22.2 Å². The van der Waals surface area contributed by atoms with E-state index in [-0.39, 0.29) is 18.1 Å². The van der Waals surface area contributed by atoms with Crippen LogP contribution in [0.15, 0.2) is 34.3 Å². The van der Waals surface area contributed by atoms with Gasteiger partial charge in [0.1, 0.15) is 17.1 Å². The molecule has 3 heterocycles. The highest BCUT2D eigenvalue weighted by atomic mass is 32.2. The number of carbonyl (C=O) groups is 3. The highest BCUT2D eigenvalue weighted by molar-refractivity contribution is 8.00. The first-order valence-corrected chi connectivity index (χ1v) is 9.61. The van der Waals surface area contributed by atoms with Gasteiger partial charge in [0.2, 0.25) is 11.0 Å². The SMILES string of the molecule is C=CC1=C(C(=O)O)N2C(=O)C(NC(=O)Cc3csc(N=C(N)N)n3)[C@@H]2SC1. The van der Waals surface area contributed by atoms with E-state index in [1.807, 2.05) is 0 Å². The third kappa shape index (κ3) is 3.66. The first-order valence-electron chi connectivity index (χ1n) is 7.68. The smallest absolute Gasteiger partial charge is 0.352 e. The quantitative estimate of drug-likeness (QED) is 0.278. The number of thioether (sulfide) groups is 1. The number of aliphatic carboxylic acids is 1. The summed E-state index contributed by atoms with van der Waals surface area (Å²) in [7, 11) is 0. The van der Waals surface area contributed by atoms with Crippen LogP contribution in [0, 0.1) is 0 Å². The van der Waals surface area contributed by atoms with Crippen LogP contribution in [-0.4, -0.2) is 55.9 Å². The van der Waals surface area contributed by atoms with Crippen LogP contribution < -0.4 is 16.8 Å². The molecule has 10 nitrogen and oxygen atoms in total. The Morgan fingerprint density at radius 2 is 2.26 bits per heavy atom. The van der Waals surface area contributed by atoms with Crippen LogP contribution in [0.4, 0.5) is 5.13 Å². The van der Waals surface area contributed by atoms with Crippen LogP contribution in [0.1, 0.15) is 5.69 Å². The van der Waals surface area contributed by atoms with E-state index in [1.54, 1.807) is 5.38 Å². The highest BCUT2D eigenvalue weighted by Crippen LogP contribution is 2.40. The Labute approximate surface area is 162 Å². The van der Waals surface area contributed by atoms with Gasteiger partial charge in [0.15, 0.2) is 5.96 Å². The Balaban J connectivity index is 1.65. The second kappa shape index (κ2) is 7.40. The van der Waals surface area contributed by atoms with Gasteiger partial charge in [-0.2, -0.15) is 4.99 Å². The van der Waals surface area contributed by atoms with Crippen LogP contribution in [0.2, 0.25) is 0 Å². The summed E-state index contributed by atoms with van der Waals surface area (Å²) in [4.78, 5) is 45.2. The van der Waals surface area contributed by atoms with Gasteiger partial charge in [-0.25, -0.2) is 9.78 Å². The number of rotatable bonds is 6. The number of nitrogens with one attached hydrogen (secondary N) is 1. The lowest BCUT2D eigenvalue weighted by Gasteiger charge is -2.49. The predicted octanol–water partition coefficient (Wildman–Crippen LogP) is -0.485. The van der Waals surface area contributed by atoms with Gasteiger partial charge in [0.05, 0.1) is 12.1 Å². The molecule has 0 radical (unpaired) electrons. The van der Waals surface area contributed by atoms with Crippen molar-refractivity contribution in [3.63, 3.8) is 0 Å². The lowest BCUT2D eigenvalue weighted by atomic mass is 10.0. The van der Waals surface area contributed by atoms with Crippen LogP contribution in [-0.2, 0) is 20.8 Å². The number of amides is 2. The van der Waals surface area contributed by atoms with E-state index in [9.17, 15) is 19.5 Å². The molecule has 0 saturated carbocycles. The number of aliphatic imine (C=N–C) groups is 1. The minimum Gasteiger partial charge on any atom is -0.477 e. The topological polar surface area (TPSA) is 164 Å². The van der Waals surface area contributed by atoms with Crippen molar-refractivity contribution in [3.05, 3.63) is 35.0 Å². The van der Waals surface area contributed by atoms with E-state index < -0.39 is 29.2 Å². The molecule has 2 aliphatic rings. The third-order valence-electron chi connectivity index (χ3n) is 3.87. The summed E-state index contributed by atoms with van der Waals surface area (Å²) in [5.74, 6) is -1.78. The number of hydrogen-bond donors (Lipinski definition) is 4. The Morgan fingerprint density at radius 3 is 2.89 bits per heavy atom. The Morgan fingerprint density at radius 1 is 1.52 bits per heavy atom.